The van der Waals surface area contributed by atoms with E-state index in [1.165, 1.54) is 11.3 Å². The largest absolute Gasteiger partial charge is 0.497 e. The number of amides is 4. The molecule has 3 rings (SSSR count). The second-order valence-corrected chi connectivity index (χ2v) is 7.75. The van der Waals surface area contributed by atoms with Gasteiger partial charge in [0.25, 0.3) is 5.91 Å². The predicted molar refractivity (Wildman–Crippen MR) is 105 cm³/mol. The molecule has 1 aliphatic carbocycles. The van der Waals surface area contributed by atoms with Crippen molar-refractivity contribution in [3.8, 4) is 5.75 Å². The Bertz CT molecular complexity index is 719. The first-order valence-corrected chi connectivity index (χ1v) is 10.0. The number of carbonyl (C=O) groups is 3. The lowest BCUT2D eigenvalue weighted by molar-refractivity contribution is -0.128. The van der Waals surface area contributed by atoms with E-state index in [1.807, 2.05) is 12.1 Å². The van der Waals surface area contributed by atoms with Crippen LogP contribution in [0.2, 0.25) is 0 Å². The Hall–Kier alpha value is -2.57. The van der Waals surface area contributed by atoms with Gasteiger partial charge in [-0.15, -0.1) is 0 Å². The summed E-state index contributed by atoms with van der Waals surface area (Å²) in [7, 11) is 1.59. The topological polar surface area (TPSA) is 87.7 Å². The average molecular weight is 387 g/mol. The number of imide groups is 1. The number of rotatable bonds is 7. The third-order valence-electron chi connectivity index (χ3n) is 5.72. The molecule has 152 valence electrons. The van der Waals surface area contributed by atoms with Gasteiger partial charge >= 0.3 is 6.03 Å². The van der Waals surface area contributed by atoms with E-state index in [4.69, 9.17) is 4.74 Å². The predicted octanol–water partition coefficient (Wildman–Crippen LogP) is 2.59. The number of urea groups is 1. The Labute approximate surface area is 165 Å². The molecule has 1 heterocycles. The molecule has 7 heteroatoms. The zero-order valence-electron chi connectivity index (χ0n) is 16.6. The molecule has 0 radical (unpaired) electrons. The Morgan fingerprint density at radius 1 is 1.21 bits per heavy atom. The Balaban J connectivity index is 1.49. The summed E-state index contributed by atoms with van der Waals surface area (Å²) in [5, 5.41) is 5.79. The number of hydrogen-bond acceptors (Lipinski definition) is 4. The van der Waals surface area contributed by atoms with Crippen LogP contribution in [-0.2, 0) is 16.1 Å². The van der Waals surface area contributed by atoms with Crippen LogP contribution in [0, 0.1) is 5.92 Å². The number of nitrogens with one attached hydrogen (secondary N) is 2. The molecule has 2 aliphatic rings. The van der Waals surface area contributed by atoms with Gasteiger partial charge in [0.05, 0.1) is 13.7 Å². The molecule has 2 N–H and O–H groups in total. The molecule has 1 aliphatic heterocycles. The molecule has 1 saturated heterocycles. The van der Waals surface area contributed by atoms with E-state index in [2.05, 4.69) is 17.6 Å². The molecule has 0 spiro atoms. The van der Waals surface area contributed by atoms with E-state index in [0.717, 1.165) is 30.6 Å². The smallest absolute Gasteiger partial charge is 0.325 e. The maximum atomic E-state index is 12.6. The summed E-state index contributed by atoms with van der Waals surface area (Å²) in [6.45, 7) is 2.37. The van der Waals surface area contributed by atoms with Gasteiger partial charge in [-0.25, -0.2) is 4.79 Å². The van der Waals surface area contributed by atoms with Gasteiger partial charge in [0.2, 0.25) is 5.91 Å². The second kappa shape index (κ2) is 9.08. The summed E-state index contributed by atoms with van der Waals surface area (Å²) in [4.78, 5) is 38.3. The Kier molecular flexibility index (Phi) is 6.54. The van der Waals surface area contributed by atoms with Gasteiger partial charge in [-0.2, -0.15) is 0 Å². The molecule has 4 amide bonds. The van der Waals surface area contributed by atoms with E-state index in [1.54, 1.807) is 19.2 Å². The second-order valence-electron chi connectivity index (χ2n) is 7.75. The summed E-state index contributed by atoms with van der Waals surface area (Å²) in [5.74, 6) is 0.886. The lowest BCUT2D eigenvalue weighted by atomic mass is 9.86. The third kappa shape index (κ3) is 4.82. The van der Waals surface area contributed by atoms with E-state index in [0.29, 0.717) is 12.3 Å². The molecule has 2 unspecified atom stereocenters. The molecule has 0 aromatic heterocycles. The standard InChI is InChI=1S/C21H29N3O4/c1-14-5-3-4-6-17(14)22-19(25)12-11-18-20(26)24(21(27)23-18)13-15-7-9-16(28-2)10-8-15/h7-10,14,17-18H,3-6,11-13H2,1-2H3,(H,22,25)(H,23,27)/t14?,17?,18-/m0/s1. The molecule has 28 heavy (non-hydrogen) atoms. The first kappa shape index (κ1) is 20.2. The minimum Gasteiger partial charge on any atom is -0.497 e. The summed E-state index contributed by atoms with van der Waals surface area (Å²) < 4.78 is 5.12. The van der Waals surface area contributed by atoms with Gasteiger partial charge in [0, 0.05) is 12.5 Å². The molecule has 1 aromatic carbocycles. The van der Waals surface area contributed by atoms with Crippen LogP contribution in [0.1, 0.15) is 51.0 Å². The van der Waals surface area contributed by atoms with E-state index >= 15 is 0 Å². The van der Waals surface area contributed by atoms with Crippen molar-refractivity contribution in [3.05, 3.63) is 29.8 Å². The Morgan fingerprint density at radius 2 is 1.93 bits per heavy atom. The van der Waals surface area contributed by atoms with Gasteiger partial charge in [0.1, 0.15) is 11.8 Å². The number of benzene rings is 1. The molecule has 0 bridgehead atoms. The van der Waals surface area contributed by atoms with Gasteiger partial charge in [-0.1, -0.05) is 31.9 Å². The first-order valence-electron chi connectivity index (χ1n) is 10.0. The van der Waals surface area contributed by atoms with Crippen LogP contribution in [0.15, 0.2) is 24.3 Å². The zero-order valence-corrected chi connectivity index (χ0v) is 16.6. The minimum atomic E-state index is -0.639. The highest BCUT2D eigenvalue weighted by molar-refractivity contribution is 6.04. The summed E-state index contributed by atoms with van der Waals surface area (Å²) in [6, 6.07) is 6.41. The minimum absolute atomic E-state index is 0.0468. The van der Waals surface area contributed by atoms with Crippen molar-refractivity contribution in [2.24, 2.45) is 5.92 Å². The number of hydrogen-bond donors (Lipinski definition) is 2. The van der Waals surface area contributed by atoms with Crippen molar-refractivity contribution in [2.75, 3.05) is 7.11 Å². The highest BCUT2D eigenvalue weighted by atomic mass is 16.5. The quantitative estimate of drug-likeness (QED) is 0.704. The fourth-order valence-electron chi connectivity index (χ4n) is 3.92. The average Bonchev–Trinajstić information content (AvgIpc) is 2.96. The van der Waals surface area contributed by atoms with Crippen LogP contribution in [0.4, 0.5) is 4.79 Å². The van der Waals surface area contributed by atoms with Gasteiger partial charge in [-0.3, -0.25) is 14.5 Å². The van der Waals surface area contributed by atoms with Crippen LogP contribution in [0.3, 0.4) is 0 Å². The maximum absolute atomic E-state index is 12.6. The van der Waals surface area contributed by atoms with E-state index in [9.17, 15) is 14.4 Å². The van der Waals surface area contributed by atoms with Crippen LogP contribution < -0.4 is 15.4 Å². The molecule has 7 nitrogen and oxygen atoms in total. The highest BCUT2D eigenvalue weighted by Gasteiger charge is 2.38. The van der Waals surface area contributed by atoms with Gasteiger partial charge < -0.3 is 15.4 Å². The molecule has 3 atom stereocenters. The van der Waals surface area contributed by atoms with Crippen LogP contribution in [0.25, 0.3) is 0 Å². The van der Waals surface area contributed by atoms with E-state index < -0.39 is 12.1 Å². The maximum Gasteiger partial charge on any atom is 0.325 e. The lowest BCUT2D eigenvalue weighted by Crippen LogP contribution is -2.41. The van der Waals surface area contributed by atoms with Crippen LogP contribution in [0.5, 0.6) is 5.75 Å². The number of methoxy groups -OCH3 is 1. The fourth-order valence-corrected chi connectivity index (χ4v) is 3.92. The lowest BCUT2D eigenvalue weighted by Gasteiger charge is -2.29. The van der Waals surface area contributed by atoms with Crippen molar-refractivity contribution in [1.82, 2.24) is 15.5 Å². The molecule has 1 saturated carbocycles. The van der Waals surface area contributed by atoms with Crippen molar-refractivity contribution in [1.29, 1.82) is 0 Å². The Morgan fingerprint density at radius 3 is 2.61 bits per heavy atom. The van der Waals surface area contributed by atoms with Gasteiger partial charge in [0.15, 0.2) is 0 Å². The highest BCUT2D eigenvalue weighted by Crippen LogP contribution is 2.24. The van der Waals surface area contributed by atoms with Crippen LogP contribution >= 0.6 is 0 Å². The van der Waals surface area contributed by atoms with Crippen molar-refractivity contribution in [3.63, 3.8) is 0 Å². The normalized spacial score (nSPS) is 24.8. The first-order chi connectivity index (χ1) is 13.5. The summed E-state index contributed by atoms with van der Waals surface area (Å²) in [6.07, 6.45) is 5.07. The molecular weight excluding hydrogens is 358 g/mol. The zero-order chi connectivity index (χ0) is 20.1. The van der Waals surface area contributed by atoms with Gasteiger partial charge in [-0.05, 0) is 42.9 Å². The molecule has 1 aromatic rings. The number of carbonyl (C=O) groups excluding carboxylic acids is 3. The van der Waals surface area contributed by atoms with E-state index in [-0.39, 0.29) is 30.8 Å². The number of nitrogens with zero attached hydrogens (tertiary/aromatic N) is 1. The monoisotopic (exact) mass is 387 g/mol. The summed E-state index contributed by atoms with van der Waals surface area (Å²) >= 11 is 0. The van der Waals surface area contributed by atoms with Crippen molar-refractivity contribution >= 4 is 17.8 Å². The number of ether oxygens (including phenoxy) is 1. The summed E-state index contributed by atoms with van der Waals surface area (Å²) in [5.41, 5.74) is 0.842. The van der Waals surface area contributed by atoms with Crippen LogP contribution in [-0.4, -0.2) is 41.9 Å². The SMILES string of the molecule is COc1ccc(CN2C(=O)N[C@@H](CCC(=O)NC3CCCCC3C)C2=O)cc1. The molecular formula is C21H29N3O4. The fraction of sp³-hybridized carbons (Fsp3) is 0.571. The molecule has 2 fully saturated rings. The van der Waals surface area contributed by atoms with Crippen molar-refractivity contribution < 1.29 is 19.1 Å². The van der Waals surface area contributed by atoms with Crippen molar-refractivity contribution in [2.45, 2.75) is 64.1 Å². The third-order valence-corrected chi connectivity index (χ3v) is 5.72.